The molecule has 2 atom stereocenters. The van der Waals surface area contributed by atoms with Crippen molar-refractivity contribution in [2.75, 3.05) is 18.1 Å². The highest BCUT2D eigenvalue weighted by molar-refractivity contribution is 7.91. The number of amides is 3. The molecule has 1 saturated carbocycles. The fraction of sp³-hybridized carbons (Fsp3) is 0.846. The molecule has 1 spiro atoms. The zero-order valence-corrected chi connectivity index (χ0v) is 12.8. The predicted molar refractivity (Wildman–Crippen MR) is 74.9 cm³/mol. The summed E-state index contributed by atoms with van der Waals surface area (Å²) in [5.74, 6) is 0.0776. The summed E-state index contributed by atoms with van der Waals surface area (Å²) >= 11 is 0. The van der Waals surface area contributed by atoms with Crippen LogP contribution in [0.4, 0.5) is 4.79 Å². The molecule has 6 nitrogen and oxygen atoms in total. The summed E-state index contributed by atoms with van der Waals surface area (Å²) < 4.78 is 23.3. The van der Waals surface area contributed by atoms with Gasteiger partial charge in [-0.25, -0.2) is 13.2 Å². The van der Waals surface area contributed by atoms with E-state index in [0.29, 0.717) is 18.8 Å². The highest BCUT2D eigenvalue weighted by atomic mass is 32.2. The van der Waals surface area contributed by atoms with E-state index in [1.54, 1.807) is 6.92 Å². The molecule has 0 bridgehead atoms. The number of nitrogens with zero attached hydrogens (tertiary/aromatic N) is 1. The van der Waals surface area contributed by atoms with E-state index < -0.39 is 21.4 Å². The van der Waals surface area contributed by atoms with Crippen LogP contribution in [0.15, 0.2) is 0 Å². The SMILES string of the molecule is CCS(=O)(=O)CCN1C(=O)NC(=O)C12CCCC(C)C2. The topological polar surface area (TPSA) is 83.6 Å². The van der Waals surface area contributed by atoms with Crippen molar-refractivity contribution in [3.05, 3.63) is 0 Å². The van der Waals surface area contributed by atoms with E-state index in [1.807, 2.05) is 0 Å². The number of sulfone groups is 1. The number of nitrogens with one attached hydrogen (secondary N) is 1. The Hall–Kier alpha value is -1.11. The van der Waals surface area contributed by atoms with Gasteiger partial charge in [0.2, 0.25) is 0 Å². The first kappa shape index (κ1) is 15.3. The Labute approximate surface area is 119 Å². The standard InChI is InChI=1S/C13H22N2O4S/c1-3-20(18,19)8-7-15-12(17)14-11(16)13(15)6-4-5-10(2)9-13/h10H,3-9H2,1-2H3,(H,14,16,17). The molecule has 2 unspecified atom stereocenters. The van der Waals surface area contributed by atoms with Gasteiger partial charge in [0.25, 0.3) is 5.91 Å². The first-order valence-corrected chi connectivity index (χ1v) is 8.96. The second-order valence-corrected chi connectivity index (χ2v) is 8.35. The van der Waals surface area contributed by atoms with Crippen LogP contribution in [0, 0.1) is 5.92 Å². The monoisotopic (exact) mass is 302 g/mol. The van der Waals surface area contributed by atoms with E-state index in [2.05, 4.69) is 12.2 Å². The third-order valence-corrected chi connectivity index (χ3v) is 6.13. The Morgan fingerprint density at radius 1 is 1.40 bits per heavy atom. The van der Waals surface area contributed by atoms with Crippen LogP contribution in [-0.4, -0.2) is 48.8 Å². The molecule has 20 heavy (non-hydrogen) atoms. The minimum Gasteiger partial charge on any atom is -0.309 e. The third kappa shape index (κ3) is 2.68. The fourth-order valence-corrected chi connectivity index (χ4v) is 4.01. The highest BCUT2D eigenvalue weighted by Gasteiger charge is 2.54. The maximum Gasteiger partial charge on any atom is 0.325 e. The molecule has 1 heterocycles. The van der Waals surface area contributed by atoms with E-state index in [4.69, 9.17) is 0 Å². The number of carbonyl (C=O) groups excluding carboxylic acids is 2. The van der Waals surface area contributed by atoms with Crippen molar-refractivity contribution in [3.8, 4) is 0 Å². The number of rotatable bonds is 4. The normalized spacial score (nSPS) is 30.9. The average Bonchev–Trinajstić information content (AvgIpc) is 2.59. The smallest absolute Gasteiger partial charge is 0.309 e. The Balaban J connectivity index is 2.20. The van der Waals surface area contributed by atoms with Gasteiger partial charge in [-0.1, -0.05) is 26.7 Å². The van der Waals surface area contributed by atoms with Crippen LogP contribution < -0.4 is 5.32 Å². The highest BCUT2D eigenvalue weighted by Crippen LogP contribution is 2.39. The Kier molecular flexibility index (Phi) is 4.09. The molecule has 7 heteroatoms. The van der Waals surface area contributed by atoms with Gasteiger partial charge in [0, 0.05) is 12.3 Å². The summed E-state index contributed by atoms with van der Waals surface area (Å²) in [6.45, 7) is 3.75. The van der Waals surface area contributed by atoms with E-state index in [-0.39, 0.29) is 24.0 Å². The van der Waals surface area contributed by atoms with Crippen LogP contribution >= 0.6 is 0 Å². The van der Waals surface area contributed by atoms with Gasteiger partial charge in [0.05, 0.1) is 5.75 Å². The van der Waals surface area contributed by atoms with Crippen molar-refractivity contribution in [2.45, 2.75) is 45.1 Å². The van der Waals surface area contributed by atoms with Crippen LogP contribution in [0.3, 0.4) is 0 Å². The van der Waals surface area contributed by atoms with Crippen LogP contribution in [0.25, 0.3) is 0 Å². The molecule has 2 fully saturated rings. The van der Waals surface area contributed by atoms with Gasteiger partial charge in [-0.3, -0.25) is 10.1 Å². The van der Waals surface area contributed by atoms with Gasteiger partial charge in [0.1, 0.15) is 5.54 Å². The summed E-state index contributed by atoms with van der Waals surface area (Å²) in [5.41, 5.74) is -0.821. The second kappa shape index (κ2) is 5.35. The first-order chi connectivity index (χ1) is 9.31. The van der Waals surface area contributed by atoms with E-state index in [0.717, 1.165) is 12.8 Å². The molecule has 2 aliphatic rings. The molecule has 0 aromatic heterocycles. The molecule has 114 valence electrons. The van der Waals surface area contributed by atoms with Crippen molar-refractivity contribution < 1.29 is 18.0 Å². The summed E-state index contributed by atoms with van der Waals surface area (Å²) in [4.78, 5) is 25.6. The molecule has 1 aliphatic carbocycles. The maximum absolute atomic E-state index is 12.2. The second-order valence-electron chi connectivity index (χ2n) is 5.88. The van der Waals surface area contributed by atoms with Gasteiger partial charge in [-0.2, -0.15) is 0 Å². The Bertz CT molecular complexity index is 516. The average molecular weight is 302 g/mol. The van der Waals surface area contributed by atoms with Gasteiger partial charge < -0.3 is 4.90 Å². The lowest BCUT2D eigenvalue weighted by atomic mass is 9.75. The molecular formula is C13H22N2O4S. The molecule has 2 rings (SSSR count). The predicted octanol–water partition coefficient (Wildman–Crippen LogP) is 0.922. The minimum atomic E-state index is -3.15. The number of urea groups is 1. The van der Waals surface area contributed by atoms with Crippen molar-refractivity contribution in [1.29, 1.82) is 0 Å². The van der Waals surface area contributed by atoms with E-state index >= 15 is 0 Å². The van der Waals surface area contributed by atoms with Crippen LogP contribution in [0.5, 0.6) is 0 Å². The quantitative estimate of drug-likeness (QED) is 0.783. The lowest BCUT2D eigenvalue weighted by molar-refractivity contribution is -0.129. The van der Waals surface area contributed by atoms with Gasteiger partial charge in [-0.15, -0.1) is 0 Å². The van der Waals surface area contributed by atoms with Crippen molar-refractivity contribution >= 4 is 21.8 Å². The molecular weight excluding hydrogens is 280 g/mol. The minimum absolute atomic E-state index is 0.0554. The number of hydrogen-bond donors (Lipinski definition) is 1. The number of carbonyl (C=O) groups is 2. The van der Waals surface area contributed by atoms with Crippen LogP contribution in [-0.2, 0) is 14.6 Å². The number of hydrogen-bond acceptors (Lipinski definition) is 4. The van der Waals surface area contributed by atoms with Crippen LogP contribution in [0.1, 0.15) is 39.5 Å². The van der Waals surface area contributed by atoms with Crippen molar-refractivity contribution in [3.63, 3.8) is 0 Å². The zero-order valence-electron chi connectivity index (χ0n) is 12.0. The Morgan fingerprint density at radius 2 is 2.10 bits per heavy atom. The van der Waals surface area contributed by atoms with E-state index in [9.17, 15) is 18.0 Å². The van der Waals surface area contributed by atoms with Gasteiger partial charge in [0.15, 0.2) is 9.84 Å². The molecule has 3 amide bonds. The summed E-state index contributed by atoms with van der Waals surface area (Å²) in [6, 6.07) is -0.449. The number of imide groups is 1. The summed E-state index contributed by atoms with van der Waals surface area (Å²) in [7, 11) is -3.15. The summed E-state index contributed by atoms with van der Waals surface area (Å²) in [5, 5.41) is 2.36. The summed E-state index contributed by atoms with van der Waals surface area (Å²) in [6.07, 6.45) is 3.18. The van der Waals surface area contributed by atoms with Gasteiger partial charge in [-0.05, 0) is 18.8 Å². The molecule has 0 radical (unpaired) electrons. The Morgan fingerprint density at radius 3 is 2.70 bits per heavy atom. The van der Waals surface area contributed by atoms with Crippen molar-refractivity contribution in [1.82, 2.24) is 10.2 Å². The van der Waals surface area contributed by atoms with Crippen molar-refractivity contribution in [2.24, 2.45) is 5.92 Å². The zero-order chi connectivity index (χ0) is 15.0. The molecule has 1 N–H and O–H groups in total. The van der Waals surface area contributed by atoms with Crippen LogP contribution in [0.2, 0.25) is 0 Å². The lowest BCUT2D eigenvalue weighted by Crippen LogP contribution is -2.53. The third-order valence-electron chi connectivity index (χ3n) is 4.44. The molecule has 1 aliphatic heterocycles. The lowest BCUT2D eigenvalue weighted by Gasteiger charge is -2.40. The largest absolute Gasteiger partial charge is 0.325 e. The first-order valence-electron chi connectivity index (χ1n) is 7.14. The molecule has 0 aromatic rings. The molecule has 1 saturated heterocycles. The van der Waals surface area contributed by atoms with E-state index in [1.165, 1.54) is 4.90 Å². The fourth-order valence-electron chi connectivity index (χ4n) is 3.26. The van der Waals surface area contributed by atoms with Gasteiger partial charge >= 0.3 is 6.03 Å². The molecule has 0 aromatic carbocycles. The maximum atomic E-state index is 12.2.